The smallest absolute Gasteiger partial charge is 0.275 e. The summed E-state index contributed by atoms with van der Waals surface area (Å²) in [7, 11) is 0. The van der Waals surface area contributed by atoms with Crippen molar-refractivity contribution in [2.24, 2.45) is 0 Å². The number of aliphatic hydroxyl groups excluding tert-OH is 1. The largest absolute Gasteiger partial charge is 0.388 e. The van der Waals surface area contributed by atoms with E-state index in [1.54, 1.807) is 0 Å². The van der Waals surface area contributed by atoms with Gasteiger partial charge in [0.05, 0.1) is 39.6 Å². The van der Waals surface area contributed by atoms with Crippen LogP contribution in [-0.4, -0.2) is 42.0 Å². The first-order chi connectivity index (χ1) is 24.2. The summed E-state index contributed by atoms with van der Waals surface area (Å²) in [5.74, 6) is -0.573. The van der Waals surface area contributed by atoms with Gasteiger partial charge in [-0.3, -0.25) is 9.63 Å². The summed E-state index contributed by atoms with van der Waals surface area (Å²) in [5, 5.41) is 11.7. The first-order valence-corrected chi connectivity index (χ1v) is 16.4. The number of amides is 1. The van der Waals surface area contributed by atoms with Crippen LogP contribution in [0, 0.1) is 0 Å². The standard InChI is InChI=1S/C41H43NO7/c43-37(31-45-26-32-16-6-1-7-17-32)38(46-27-33-18-8-2-9-19-33)39(47-28-34-20-10-3-11-21-34)40(48-29-35-22-12-4-13-23-35)41(44)42-49-30-36-24-14-5-15-25-36/h1-25,37-40,43H,26-31H2,(H,42,44)/t37-,38-,39+,40+/m1/s1. The molecule has 0 bridgehead atoms. The Balaban J connectivity index is 1.42. The summed E-state index contributed by atoms with van der Waals surface area (Å²) in [6.45, 7) is 0.769. The van der Waals surface area contributed by atoms with Gasteiger partial charge in [0.25, 0.3) is 5.91 Å². The molecule has 0 saturated carbocycles. The molecule has 5 rings (SSSR count). The first-order valence-electron chi connectivity index (χ1n) is 16.4. The average Bonchev–Trinajstić information content (AvgIpc) is 3.15. The van der Waals surface area contributed by atoms with Crippen molar-refractivity contribution < 1.29 is 33.7 Å². The van der Waals surface area contributed by atoms with Crippen LogP contribution in [0.25, 0.3) is 0 Å². The fourth-order valence-corrected chi connectivity index (χ4v) is 5.18. The molecule has 8 heteroatoms. The molecule has 49 heavy (non-hydrogen) atoms. The van der Waals surface area contributed by atoms with Gasteiger partial charge in [-0.15, -0.1) is 0 Å². The van der Waals surface area contributed by atoms with Gasteiger partial charge in [-0.05, 0) is 27.8 Å². The number of hydroxylamine groups is 1. The van der Waals surface area contributed by atoms with Crippen LogP contribution in [0.2, 0.25) is 0 Å². The number of hydrogen-bond donors (Lipinski definition) is 2. The van der Waals surface area contributed by atoms with E-state index in [-0.39, 0.29) is 33.0 Å². The monoisotopic (exact) mass is 661 g/mol. The number of rotatable bonds is 20. The van der Waals surface area contributed by atoms with E-state index in [0.717, 1.165) is 27.8 Å². The van der Waals surface area contributed by atoms with E-state index >= 15 is 0 Å². The Morgan fingerprint density at radius 1 is 0.490 bits per heavy atom. The zero-order chi connectivity index (χ0) is 33.9. The Bertz CT molecular complexity index is 1610. The Morgan fingerprint density at radius 2 is 0.857 bits per heavy atom. The lowest BCUT2D eigenvalue weighted by atomic mass is 10.0. The van der Waals surface area contributed by atoms with E-state index in [1.165, 1.54) is 0 Å². The van der Waals surface area contributed by atoms with Crippen molar-refractivity contribution in [3.63, 3.8) is 0 Å². The number of nitrogens with one attached hydrogen (secondary N) is 1. The summed E-state index contributed by atoms with van der Waals surface area (Å²) >= 11 is 0. The highest BCUT2D eigenvalue weighted by molar-refractivity contribution is 5.80. The van der Waals surface area contributed by atoms with Crippen LogP contribution in [0.1, 0.15) is 27.8 Å². The van der Waals surface area contributed by atoms with Gasteiger partial charge in [-0.2, -0.15) is 0 Å². The van der Waals surface area contributed by atoms with E-state index in [9.17, 15) is 9.90 Å². The van der Waals surface area contributed by atoms with Crippen molar-refractivity contribution in [1.82, 2.24) is 5.48 Å². The van der Waals surface area contributed by atoms with Gasteiger partial charge in [0, 0.05) is 0 Å². The van der Waals surface area contributed by atoms with Crippen LogP contribution in [0.15, 0.2) is 152 Å². The number of benzene rings is 5. The quantitative estimate of drug-likeness (QED) is 0.0912. The van der Waals surface area contributed by atoms with Crippen LogP contribution in [-0.2, 0) is 61.6 Å². The van der Waals surface area contributed by atoms with E-state index < -0.39 is 30.3 Å². The maximum Gasteiger partial charge on any atom is 0.275 e. The second-order valence-electron chi connectivity index (χ2n) is 11.5. The molecule has 0 aliphatic carbocycles. The molecule has 0 saturated heterocycles. The predicted octanol–water partition coefficient (Wildman–Crippen LogP) is 6.57. The van der Waals surface area contributed by atoms with Crippen molar-refractivity contribution in [2.45, 2.75) is 57.5 Å². The lowest BCUT2D eigenvalue weighted by molar-refractivity contribution is -0.196. The van der Waals surface area contributed by atoms with Gasteiger partial charge in [0.1, 0.15) is 18.3 Å². The molecular weight excluding hydrogens is 618 g/mol. The molecule has 0 radical (unpaired) electrons. The van der Waals surface area contributed by atoms with Crippen molar-refractivity contribution >= 4 is 5.91 Å². The topological polar surface area (TPSA) is 95.5 Å². The molecule has 1 amide bonds. The van der Waals surface area contributed by atoms with Crippen LogP contribution in [0.3, 0.4) is 0 Å². The zero-order valence-corrected chi connectivity index (χ0v) is 27.4. The van der Waals surface area contributed by atoms with Crippen molar-refractivity contribution in [3.8, 4) is 0 Å². The summed E-state index contributed by atoms with van der Waals surface area (Å²) in [5.41, 5.74) is 7.05. The number of hydrogen-bond acceptors (Lipinski definition) is 7. The van der Waals surface area contributed by atoms with Crippen molar-refractivity contribution in [1.29, 1.82) is 0 Å². The van der Waals surface area contributed by atoms with E-state index in [2.05, 4.69) is 5.48 Å². The lowest BCUT2D eigenvalue weighted by Crippen LogP contribution is -2.55. The Morgan fingerprint density at radius 3 is 1.31 bits per heavy atom. The maximum atomic E-state index is 14.0. The van der Waals surface area contributed by atoms with Crippen LogP contribution < -0.4 is 5.48 Å². The third kappa shape index (κ3) is 12.1. The molecule has 0 fully saturated rings. The normalized spacial score (nSPS) is 13.7. The maximum absolute atomic E-state index is 14.0. The fourth-order valence-electron chi connectivity index (χ4n) is 5.18. The van der Waals surface area contributed by atoms with E-state index in [1.807, 2.05) is 152 Å². The second kappa shape index (κ2) is 20.0. The summed E-state index contributed by atoms with van der Waals surface area (Å²) in [6.07, 6.45) is -4.55. The molecule has 254 valence electrons. The summed E-state index contributed by atoms with van der Waals surface area (Å²) < 4.78 is 25.3. The molecule has 0 heterocycles. The lowest BCUT2D eigenvalue weighted by Gasteiger charge is -2.35. The number of ether oxygens (including phenoxy) is 4. The molecular formula is C41H43NO7. The first kappa shape index (κ1) is 35.6. The van der Waals surface area contributed by atoms with Crippen molar-refractivity contribution in [3.05, 3.63) is 179 Å². The van der Waals surface area contributed by atoms with Gasteiger partial charge >= 0.3 is 0 Å². The predicted molar refractivity (Wildman–Crippen MR) is 187 cm³/mol. The Kier molecular flexibility index (Phi) is 14.5. The average molecular weight is 662 g/mol. The van der Waals surface area contributed by atoms with Crippen LogP contribution in [0.5, 0.6) is 0 Å². The van der Waals surface area contributed by atoms with Gasteiger partial charge < -0.3 is 24.1 Å². The minimum absolute atomic E-state index is 0.0723. The van der Waals surface area contributed by atoms with Crippen LogP contribution >= 0.6 is 0 Å². The zero-order valence-electron chi connectivity index (χ0n) is 27.4. The molecule has 5 aromatic carbocycles. The number of carbonyl (C=O) groups is 1. The Hall–Kier alpha value is -4.67. The number of carbonyl (C=O) groups excluding carboxylic acids is 1. The minimum atomic E-state index is -1.25. The van der Waals surface area contributed by atoms with E-state index in [4.69, 9.17) is 23.8 Å². The highest BCUT2D eigenvalue weighted by atomic mass is 16.7. The fraction of sp³-hybridized carbons (Fsp3) is 0.244. The third-order valence-electron chi connectivity index (χ3n) is 7.76. The highest BCUT2D eigenvalue weighted by Gasteiger charge is 2.41. The SMILES string of the molecule is O=C(NOCc1ccccc1)[C@@H](OCc1ccccc1)[C@@H](OCc1ccccc1)[C@H](OCc1ccccc1)[C@H](O)COCc1ccccc1. The Labute approximate surface area is 288 Å². The van der Waals surface area contributed by atoms with Gasteiger partial charge in [-0.25, -0.2) is 5.48 Å². The summed E-state index contributed by atoms with van der Waals surface area (Å²) in [4.78, 5) is 19.6. The van der Waals surface area contributed by atoms with Crippen molar-refractivity contribution in [2.75, 3.05) is 6.61 Å². The van der Waals surface area contributed by atoms with Gasteiger partial charge in [0.2, 0.25) is 0 Å². The number of aliphatic hydroxyl groups is 1. The summed E-state index contributed by atoms with van der Waals surface area (Å²) in [6, 6.07) is 48.0. The van der Waals surface area contributed by atoms with E-state index in [0.29, 0.717) is 6.61 Å². The molecule has 2 N–H and O–H groups in total. The molecule has 0 aliphatic heterocycles. The second-order valence-corrected chi connectivity index (χ2v) is 11.5. The molecule has 0 aliphatic rings. The molecule has 8 nitrogen and oxygen atoms in total. The molecule has 0 spiro atoms. The minimum Gasteiger partial charge on any atom is -0.388 e. The molecule has 0 unspecified atom stereocenters. The third-order valence-corrected chi connectivity index (χ3v) is 7.76. The molecule has 4 atom stereocenters. The van der Waals surface area contributed by atoms with Gasteiger partial charge in [0.15, 0.2) is 6.10 Å². The van der Waals surface area contributed by atoms with Gasteiger partial charge in [-0.1, -0.05) is 152 Å². The molecule has 5 aromatic rings. The highest BCUT2D eigenvalue weighted by Crippen LogP contribution is 2.22. The molecule has 0 aromatic heterocycles. The van der Waals surface area contributed by atoms with Crippen LogP contribution in [0.4, 0.5) is 0 Å².